The van der Waals surface area contributed by atoms with E-state index < -0.39 is 6.10 Å². The van der Waals surface area contributed by atoms with Gasteiger partial charge in [0.25, 0.3) is 5.91 Å². The zero-order valence-corrected chi connectivity index (χ0v) is 10.7. The maximum Gasteiger partial charge on any atom is 0.251 e. The first kappa shape index (κ1) is 12.4. The van der Waals surface area contributed by atoms with Crippen molar-refractivity contribution in [2.75, 3.05) is 32.9 Å². The molecule has 0 aromatic rings. The second-order valence-electron chi connectivity index (χ2n) is 5.63. The van der Waals surface area contributed by atoms with Gasteiger partial charge in [0.2, 0.25) is 0 Å². The highest BCUT2D eigenvalue weighted by Gasteiger charge is 2.35. The lowest BCUT2D eigenvalue weighted by atomic mass is 9.79. The molecule has 1 saturated carbocycles. The molecule has 2 saturated heterocycles. The molecular formula is C13H22N2O3. The van der Waals surface area contributed by atoms with Crippen molar-refractivity contribution in [1.29, 1.82) is 0 Å². The molecule has 2 N–H and O–H groups in total. The number of nitrogens with one attached hydrogen (secondary N) is 2. The summed E-state index contributed by atoms with van der Waals surface area (Å²) >= 11 is 0. The fraction of sp³-hybridized carbons (Fsp3) is 0.923. The predicted octanol–water partition coefficient (Wildman–Crippen LogP) is -0.0939. The highest BCUT2D eigenvalue weighted by atomic mass is 16.6. The fourth-order valence-electron chi connectivity index (χ4n) is 3.36. The van der Waals surface area contributed by atoms with Crippen LogP contribution in [-0.2, 0) is 14.3 Å². The van der Waals surface area contributed by atoms with Crippen molar-refractivity contribution in [3.8, 4) is 0 Å². The van der Waals surface area contributed by atoms with E-state index in [9.17, 15) is 4.79 Å². The smallest absolute Gasteiger partial charge is 0.251 e. The van der Waals surface area contributed by atoms with Crippen molar-refractivity contribution >= 4 is 5.91 Å². The maximum absolute atomic E-state index is 12.0. The zero-order valence-electron chi connectivity index (χ0n) is 10.7. The molecule has 2 unspecified atom stereocenters. The van der Waals surface area contributed by atoms with Crippen molar-refractivity contribution in [2.24, 2.45) is 11.8 Å². The first-order valence-corrected chi connectivity index (χ1v) is 7.03. The van der Waals surface area contributed by atoms with Gasteiger partial charge in [-0.25, -0.2) is 0 Å². The Bertz CT molecular complexity index is 305. The van der Waals surface area contributed by atoms with E-state index in [2.05, 4.69) is 10.6 Å². The van der Waals surface area contributed by atoms with E-state index in [1.54, 1.807) is 0 Å². The monoisotopic (exact) mass is 254 g/mol. The first-order valence-electron chi connectivity index (χ1n) is 7.03. The Morgan fingerprint density at radius 3 is 2.89 bits per heavy atom. The molecule has 1 amide bonds. The minimum absolute atomic E-state index is 0.00380. The largest absolute Gasteiger partial charge is 0.376 e. The summed E-state index contributed by atoms with van der Waals surface area (Å²) in [5.41, 5.74) is 0. The summed E-state index contributed by atoms with van der Waals surface area (Å²) in [7, 11) is 0. The third-order valence-electron chi connectivity index (χ3n) is 4.41. The van der Waals surface area contributed by atoms with E-state index in [1.165, 1.54) is 6.42 Å². The summed E-state index contributed by atoms with van der Waals surface area (Å²) in [5.74, 6) is 1.57. The topological polar surface area (TPSA) is 59.6 Å². The summed E-state index contributed by atoms with van der Waals surface area (Å²) in [5, 5.41) is 6.57. The van der Waals surface area contributed by atoms with Crippen LogP contribution in [0, 0.1) is 11.8 Å². The normalized spacial score (nSPS) is 40.2. The number of hydrogen-bond donors (Lipinski definition) is 2. The van der Waals surface area contributed by atoms with Crippen LogP contribution in [-0.4, -0.2) is 51.0 Å². The van der Waals surface area contributed by atoms with E-state index in [0.29, 0.717) is 25.9 Å². The Morgan fingerprint density at radius 1 is 1.17 bits per heavy atom. The molecule has 2 heterocycles. The van der Waals surface area contributed by atoms with E-state index in [-0.39, 0.29) is 5.91 Å². The summed E-state index contributed by atoms with van der Waals surface area (Å²) in [6, 6.07) is 0.323. The molecule has 5 nitrogen and oxygen atoms in total. The number of ether oxygens (including phenoxy) is 2. The Labute approximate surface area is 108 Å². The minimum Gasteiger partial charge on any atom is -0.376 e. The average Bonchev–Trinajstić information content (AvgIpc) is 2.87. The molecule has 3 rings (SSSR count). The molecule has 0 aromatic heterocycles. The number of amides is 1. The lowest BCUT2D eigenvalue weighted by molar-refractivity contribution is -0.148. The third-order valence-corrected chi connectivity index (χ3v) is 4.41. The Morgan fingerprint density at radius 2 is 2.06 bits per heavy atom. The van der Waals surface area contributed by atoms with Crippen LogP contribution in [0.4, 0.5) is 0 Å². The lowest BCUT2D eigenvalue weighted by Gasteiger charge is -2.33. The van der Waals surface area contributed by atoms with E-state index in [4.69, 9.17) is 9.47 Å². The molecule has 18 heavy (non-hydrogen) atoms. The van der Waals surface area contributed by atoms with Crippen molar-refractivity contribution < 1.29 is 14.3 Å². The first-order chi connectivity index (χ1) is 8.83. The van der Waals surface area contributed by atoms with Gasteiger partial charge in [0.05, 0.1) is 19.8 Å². The lowest BCUT2D eigenvalue weighted by Crippen LogP contribution is -2.48. The van der Waals surface area contributed by atoms with Crippen molar-refractivity contribution in [2.45, 2.75) is 31.4 Å². The quantitative estimate of drug-likeness (QED) is 0.723. The number of rotatable bonds is 2. The summed E-state index contributed by atoms with van der Waals surface area (Å²) in [6.45, 7) is 3.79. The Kier molecular flexibility index (Phi) is 3.82. The fourth-order valence-corrected chi connectivity index (χ4v) is 3.36. The van der Waals surface area contributed by atoms with Crippen molar-refractivity contribution in [1.82, 2.24) is 10.6 Å². The second-order valence-corrected chi connectivity index (χ2v) is 5.63. The zero-order chi connectivity index (χ0) is 12.4. The van der Waals surface area contributed by atoms with Crippen LogP contribution in [0.2, 0.25) is 0 Å². The molecule has 0 spiro atoms. The van der Waals surface area contributed by atoms with E-state index in [0.717, 1.165) is 37.8 Å². The molecule has 0 aromatic carbocycles. The van der Waals surface area contributed by atoms with Gasteiger partial charge in [0.15, 0.2) is 6.10 Å². The Hall–Kier alpha value is -0.650. The molecule has 0 radical (unpaired) electrons. The van der Waals surface area contributed by atoms with Crippen LogP contribution in [0.3, 0.4) is 0 Å². The molecular weight excluding hydrogens is 232 g/mol. The molecule has 0 bridgehead atoms. The van der Waals surface area contributed by atoms with Gasteiger partial charge in [0, 0.05) is 6.04 Å². The molecule has 102 valence electrons. The van der Waals surface area contributed by atoms with Crippen LogP contribution in [0.1, 0.15) is 19.3 Å². The van der Waals surface area contributed by atoms with Crippen LogP contribution in [0.25, 0.3) is 0 Å². The standard InChI is InChI=1S/C13H22N2O3/c16-13(12-8-17-3-4-18-12)15-11-2-1-9-6-14-7-10(9)5-11/h9-12,14H,1-8H2,(H,15,16)/t9-,10+,11?,12?/m0/s1. The van der Waals surface area contributed by atoms with E-state index in [1.807, 2.05) is 0 Å². The van der Waals surface area contributed by atoms with Crippen molar-refractivity contribution in [3.63, 3.8) is 0 Å². The maximum atomic E-state index is 12.0. The van der Waals surface area contributed by atoms with Gasteiger partial charge in [-0.2, -0.15) is 0 Å². The number of hydrogen-bond acceptors (Lipinski definition) is 4. The number of carbonyl (C=O) groups excluding carboxylic acids is 1. The van der Waals surface area contributed by atoms with Gasteiger partial charge >= 0.3 is 0 Å². The summed E-state index contributed by atoms with van der Waals surface area (Å²) in [6.07, 6.45) is 3.03. The summed E-state index contributed by atoms with van der Waals surface area (Å²) < 4.78 is 10.7. The van der Waals surface area contributed by atoms with Gasteiger partial charge in [0.1, 0.15) is 0 Å². The van der Waals surface area contributed by atoms with Gasteiger partial charge in [-0.3, -0.25) is 4.79 Å². The van der Waals surface area contributed by atoms with Crippen LogP contribution < -0.4 is 10.6 Å². The van der Waals surface area contributed by atoms with Gasteiger partial charge in [-0.05, 0) is 44.2 Å². The molecule has 3 fully saturated rings. The predicted molar refractivity (Wildman–Crippen MR) is 66.2 cm³/mol. The second kappa shape index (κ2) is 5.55. The molecule has 1 aliphatic carbocycles. The highest BCUT2D eigenvalue weighted by molar-refractivity contribution is 5.81. The number of carbonyl (C=O) groups is 1. The van der Waals surface area contributed by atoms with Gasteiger partial charge < -0.3 is 20.1 Å². The van der Waals surface area contributed by atoms with Crippen LogP contribution >= 0.6 is 0 Å². The molecule has 2 aliphatic heterocycles. The minimum atomic E-state index is -0.404. The summed E-state index contributed by atoms with van der Waals surface area (Å²) in [4.78, 5) is 12.0. The third kappa shape index (κ3) is 2.68. The molecule has 3 aliphatic rings. The number of fused-ring (bicyclic) bond motifs is 1. The van der Waals surface area contributed by atoms with Crippen molar-refractivity contribution in [3.05, 3.63) is 0 Å². The average molecular weight is 254 g/mol. The van der Waals surface area contributed by atoms with Gasteiger partial charge in [-0.15, -0.1) is 0 Å². The molecule has 4 atom stereocenters. The highest BCUT2D eigenvalue weighted by Crippen LogP contribution is 2.32. The Balaban J connectivity index is 1.48. The van der Waals surface area contributed by atoms with Crippen LogP contribution in [0.5, 0.6) is 0 Å². The SMILES string of the molecule is O=C(NC1CC[C@H]2CNC[C@H]2C1)C1COCCO1. The van der Waals surface area contributed by atoms with Gasteiger partial charge in [-0.1, -0.05) is 0 Å². The van der Waals surface area contributed by atoms with Crippen LogP contribution in [0.15, 0.2) is 0 Å². The molecule has 5 heteroatoms. The van der Waals surface area contributed by atoms with E-state index >= 15 is 0 Å².